The molecule has 76 valence electrons. The maximum atomic E-state index is 9.73. The summed E-state index contributed by atoms with van der Waals surface area (Å²) in [6, 6.07) is 5.96. The molecule has 2 heteroatoms. The second-order valence-corrected chi connectivity index (χ2v) is 4.20. The summed E-state index contributed by atoms with van der Waals surface area (Å²) in [6.07, 6.45) is 2.23. The van der Waals surface area contributed by atoms with Gasteiger partial charge in [-0.25, -0.2) is 0 Å². The zero-order chi connectivity index (χ0) is 9.97. The Balaban J connectivity index is 2.08. The Morgan fingerprint density at radius 1 is 1.50 bits per heavy atom. The predicted octanol–water partition coefficient (Wildman–Crippen LogP) is 1.85. The maximum absolute atomic E-state index is 9.73. The average Bonchev–Trinajstić information content (AvgIpc) is 2.62. The molecule has 0 bridgehead atoms. The van der Waals surface area contributed by atoms with Crippen molar-refractivity contribution in [3.63, 3.8) is 0 Å². The lowest BCUT2D eigenvalue weighted by molar-refractivity contribution is 0.458. The van der Waals surface area contributed by atoms with E-state index in [4.69, 9.17) is 0 Å². The molecule has 2 N–H and O–H groups in total. The number of aryl methyl sites for hydroxylation is 1. The van der Waals surface area contributed by atoms with E-state index in [9.17, 15) is 5.11 Å². The van der Waals surface area contributed by atoms with Crippen LogP contribution in [0.5, 0.6) is 5.75 Å². The highest BCUT2D eigenvalue weighted by molar-refractivity contribution is 5.36. The van der Waals surface area contributed by atoms with Gasteiger partial charge < -0.3 is 10.4 Å². The standard InChI is InChI=1S/C12H17NO/c1-9-2-3-11(12(14)6-9)7-10-4-5-13-8-10/h2-3,6,10,13-14H,4-5,7-8H2,1H3. The molecule has 0 radical (unpaired) electrons. The Hall–Kier alpha value is -1.02. The zero-order valence-electron chi connectivity index (χ0n) is 8.59. The lowest BCUT2D eigenvalue weighted by Crippen LogP contribution is -2.10. The number of hydrogen-bond donors (Lipinski definition) is 2. The first kappa shape index (κ1) is 9.53. The quantitative estimate of drug-likeness (QED) is 0.747. The van der Waals surface area contributed by atoms with Crippen LogP contribution in [0.2, 0.25) is 0 Å². The first-order valence-electron chi connectivity index (χ1n) is 5.25. The molecule has 1 heterocycles. The van der Waals surface area contributed by atoms with Crippen LogP contribution in [0.25, 0.3) is 0 Å². The average molecular weight is 191 g/mol. The van der Waals surface area contributed by atoms with Gasteiger partial charge in [0.1, 0.15) is 5.75 Å². The van der Waals surface area contributed by atoms with Crippen LogP contribution in [0.4, 0.5) is 0 Å². The Kier molecular flexibility index (Phi) is 2.73. The van der Waals surface area contributed by atoms with Gasteiger partial charge in [0.25, 0.3) is 0 Å². The molecular weight excluding hydrogens is 174 g/mol. The first-order chi connectivity index (χ1) is 6.75. The van der Waals surface area contributed by atoms with E-state index in [1.165, 1.54) is 6.42 Å². The van der Waals surface area contributed by atoms with Crippen LogP contribution in [0, 0.1) is 12.8 Å². The normalized spacial score (nSPS) is 21.4. The highest BCUT2D eigenvalue weighted by Crippen LogP contribution is 2.23. The second-order valence-electron chi connectivity index (χ2n) is 4.20. The van der Waals surface area contributed by atoms with Crippen molar-refractivity contribution in [2.75, 3.05) is 13.1 Å². The minimum Gasteiger partial charge on any atom is -0.508 e. The van der Waals surface area contributed by atoms with E-state index in [-0.39, 0.29) is 0 Å². The topological polar surface area (TPSA) is 32.3 Å². The highest BCUT2D eigenvalue weighted by atomic mass is 16.3. The van der Waals surface area contributed by atoms with Gasteiger partial charge in [-0.05, 0) is 56.0 Å². The third-order valence-corrected chi connectivity index (χ3v) is 2.91. The Bertz CT molecular complexity index is 316. The lowest BCUT2D eigenvalue weighted by Gasteiger charge is -2.10. The van der Waals surface area contributed by atoms with Crippen molar-refractivity contribution in [1.82, 2.24) is 5.32 Å². The summed E-state index contributed by atoms with van der Waals surface area (Å²) in [5.74, 6) is 1.15. The summed E-state index contributed by atoms with van der Waals surface area (Å²) in [5.41, 5.74) is 2.21. The van der Waals surface area contributed by atoms with E-state index in [2.05, 4.69) is 11.4 Å². The van der Waals surface area contributed by atoms with Crippen molar-refractivity contribution in [1.29, 1.82) is 0 Å². The number of benzene rings is 1. The van der Waals surface area contributed by atoms with Crippen LogP contribution in [-0.4, -0.2) is 18.2 Å². The van der Waals surface area contributed by atoms with Gasteiger partial charge in [0.05, 0.1) is 0 Å². The summed E-state index contributed by atoms with van der Waals surface area (Å²) in [6.45, 7) is 4.21. The van der Waals surface area contributed by atoms with Gasteiger partial charge in [-0.1, -0.05) is 12.1 Å². The number of phenolic OH excluding ortho intramolecular Hbond substituents is 1. The molecule has 1 aromatic carbocycles. The molecule has 2 nitrogen and oxygen atoms in total. The van der Waals surface area contributed by atoms with Crippen molar-refractivity contribution >= 4 is 0 Å². The second kappa shape index (κ2) is 4.01. The van der Waals surface area contributed by atoms with E-state index < -0.39 is 0 Å². The van der Waals surface area contributed by atoms with Crippen LogP contribution < -0.4 is 5.32 Å². The molecular formula is C12H17NO. The maximum Gasteiger partial charge on any atom is 0.119 e. The van der Waals surface area contributed by atoms with Gasteiger partial charge in [-0.15, -0.1) is 0 Å². The van der Waals surface area contributed by atoms with Crippen LogP contribution in [0.15, 0.2) is 18.2 Å². The van der Waals surface area contributed by atoms with E-state index in [0.717, 1.165) is 30.6 Å². The van der Waals surface area contributed by atoms with Gasteiger partial charge in [0.2, 0.25) is 0 Å². The number of nitrogens with one attached hydrogen (secondary N) is 1. The molecule has 0 spiro atoms. The van der Waals surface area contributed by atoms with E-state index in [0.29, 0.717) is 11.7 Å². The van der Waals surface area contributed by atoms with E-state index in [1.807, 2.05) is 19.1 Å². The molecule has 1 fully saturated rings. The van der Waals surface area contributed by atoms with Gasteiger partial charge in [0.15, 0.2) is 0 Å². The first-order valence-corrected chi connectivity index (χ1v) is 5.25. The largest absolute Gasteiger partial charge is 0.508 e. The smallest absolute Gasteiger partial charge is 0.119 e. The molecule has 0 aliphatic carbocycles. The Labute approximate surface area is 85.0 Å². The summed E-state index contributed by atoms with van der Waals surface area (Å²) in [7, 11) is 0. The summed E-state index contributed by atoms with van der Waals surface area (Å²) in [5, 5.41) is 13.1. The van der Waals surface area contributed by atoms with E-state index >= 15 is 0 Å². The molecule has 1 unspecified atom stereocenters. The Morgan fingerprint density at radius 2 is 2.36 bits per heavy atom. The summed E-state index contributed by atoms with van der Waals surface area (Å²) in [4.78, 5) is 0. The molecule has 14 heavy (non-hydrogen) atoms. The fourth-order valence-electron chi connectivity index (χ4n) is 2.05. The van der Waals surface area contributed by atoms with E-state index in [1.54, 1.807) is 0 Å². The fourth-order valence-corrected chi connectivity index (χ4v) is 2.05. The molecule has 1 saturated heterocycles. The lowest BCUT2D eigenvalue weighted by atomic mass is 9.97. The van der Waals surface area contributed by atoms with Crippen molar-refractivity contribution in [3.05, 3.63) is 29.3 Å². The summed E-state index contributed by atoms with van der Waals surface area (Å²) < 4.78 is 0. The minimum atomic E-state index is 0.455. The third-order valence-electron chi connectivity index (χ3n) is 2.91. The predicted molar refractivity (Wildman–Crippen MR) is 57.5 cm³/mol. The molecule has 0 saturated carbocycles. The van der Waals surface area contributed by atoms with Crippen LogP contribution in [-0.2, 0) is 6.42 Å². The van der Waals surface area contributed by atoms with Crippen molar-refractivity contribution in [2.45, 2.75) is 19.8 Å². The van der Waals surface area contributed by atoms with Gasteiger partial charge in [-0.3, -0.25) is 0 Å². The SMILES string of the molecule is Cc1ccc(CC2CCNC2)c(O)c1. The molecule has 0 aromatic heterocycles. The van der Waals surface area contributed by atoms with Gasteiger partial charge in [0, 0.05) is 0 Å². The van der Waals surface area contributed by atoms with Crippen LogP contribution in [0.1, 0.15) is 17.5 Å². The third kappa shape index (κ3) is 2.07. The Morgan fingerprint density at radius 3 is 3.00 bits per heavy atom. The number of aromatic hydroxyl groups is 1. The van der Waals surface area contributed by atoms with Crippen LogP contribution in [0.3, 0.4) is 0 Å². The van der Waals surface area contributed by atoms with Gasteiger partial charge >= 0.3 is 0 Å². The molecule has 0 amide bonds. The number of hydrogen-bond acceptors (Lipinski definition) is 2. The molecule has 1 aromatic rings. The fraction of sp³-hybridized carbons (Fsp3) is 0.500. The molecule has 1 aliphatic rings. The monoisotopic (exact) mass is 191 g/mol. The molecule has 1 atom stereocenters. The summed E-state index contributed by atoms with van der Waals surface area (Å²) >= 11 is 0. The number of rotatable bonds is 2. The van der Waals surface area contributed by atoms with Crippen molar-refractivity contribution in [3.8, 4) is 5.75 Å². The molecule has 1 aliphatic heterocycles. The molecule has 2 rings (SSSR count). The zero-order valence-corrected chi connectivity index (χ0v) is 8.59. The van der Waals surface area contributed by atoms with Crippen molar-refractivity contribution < 1.29 is 5.11 Å². The minimum absolute atomic E-state index is 0.455. The number of phenols is 1. The van der Waals surface area contributed by atoms with Crippen molar-refractivity contribution in [2.24, 2.45) is 5.92 Å². The highest BCUT2D eigenvalue weighted by Gasteiger charge is 2.16. The van der Waals surface area contributed by atoms with Gasteiger partial charge in [-0.2, -0.15) is 0 Å². The van der Waals surface area contributed by atoms with Crippen LogP contribution >= 0.6 is 0 Å².